The molecule has 2 aliphatic rings. The zero-order valence-corrected chi connectivity index (χ0v) is 18.8. The predicted molar refractivity (Wildman–Crippen MR) is 122 cm³/mol. The smallest absolute Gasteiger partial charge is 0.226 e. The Morgan fingerprint density at radius 1 is 1.30 bits per heavy atom. The molecule has 9 nitrogen and oxygen atoms in total. The van der Waals surface area contributed by atoms with Crippen LogP contribution in [-0.4, -0.2) is 57.5 Å². The van der Waals surface area contributed by atoms with Crippen LogP contribution < -0.4 is 10.6 Å². The number of hydrogen-bond acceptors (Lipinski definition) is 8. The molecule has 3 atom stereocenters. The van der Waals surface area contributed by atoms with E-state index < -0.39 is 0 Å². The van der Waals surface area contributed by atoms with E-state index in [9.17, 15) is 9.70 Å². The lowest BCUT2D eigenvalue weighted by molar-refractivity contribution is -0.129. The summed E-state index contributed by atoms with van der Waals surface area (Å²) in [7, 11) is 0. The average molecular weight is 454 g/mol. The second-order valence-corrected chi connectivity index (χ2v) is 9.02. The molecule has 1 aromatic rings. The fourth-order valence-electron chi connectivity index (χ4n) is 4.34. The van der Waals surface area contributed by atoms with Gasteiger partial charge < -0.3 is 15.5 Å². The number of hydrogen-bond donors (Lipinski definition) is 4. The van der Waals surface area contributed by atoms with Crippen LogP contribution in [0.1, 0.15) is 45.1 Å². The predicted octanol–water partition coefficient (Wildman–Crippen LogP) is 3.40. The van der Waals surface area contributed by atoms with Crippen LogP contribution >= 0.6 is 24.2 Å². The topological polar surface area (TPSA) is 123 Å². The molecule has 2 fully saturated rings. The number of likely N-dealkylation sites (tertiary alicyclic amines) is 1. The van der Waals surface area contributed by atoms with Crippen molar-refractivity contribution in [1.29, 1.82) is 5.41 Å². The Labute approximate surface area is 186 Å². The van der Waals surface area contributed by atoms with E-state index in [4.69, 9.17) is 17.0 Å². The summed E-state index contributed by atoms with van der Waals surface area (Å²) >= 11 is 10.5. The van der Waals surface area contributed by atoms with Gasteiger partial charge in [0.25, 0.3) is 0 Å². The van der Waals surface area contributed by atoms with Gasteiger partial charge in [-0.1, -0.05) is 23.7 Å². The molecule has 0 unspecified atom stereocenters. The van der Waals surface area contributed by atoms with E-state index >= 15 is 0 Å². The molecule has 2 heterocycles. The van der Waals surface area contributed by atoms with Gasteiger partial charge in [-0.25, -0.2) is 4.98 Å². The van der Waals surface area contributed by atoms with Crippen molar-refractivity contribution in [2.45, 2.75) is 51.6 Å². The number of carbonyl (C=O) groups excluding carboxylic acids is 1. The number of aromatic nitrogens is 2. The minimum absolute atomic E-state index is 0.0134. The van der Waals surface area contributed by atoms with Gasteiger partial charge >= 0.3 is 0 Å². The first-order valence-corrected chi connectivity index (χ1v) is 11.0. The highest BCUT2D eigenvalue weighted by molar-refractivity contribution is 7.97. The molecule has 30 heavy (non-hydrogen) atoms. The van der Waals surface area contributed by atoms with Crippen molar-refractivity contribution in [3.63, 3.8) is 0 Å². The number of piperidine rings is 1. The Kier molecular flexibility index (Phi) is 7.51. The second-order valence-electron chi connectivity index (χ2n) is 8.21. The van der Waals surface area contributed by atoms with E-state index in [2.05, 4.69) is 45.3 Å². The van der Waals surface area contributed by atoms with Crippen LogP contribution in [0.5, 0.6) is 0 Å². The van der Waals surface area contributed by atoms with Crippen LogP contribution in [0.3, 0.4) is 0 Å². The second kappa shape index (κ2) is 9.91. The summed E-state index contributed by atoms with van der Waals surface area (Å²) in [5, 5.41) is 17.9. The van der Waals surface area contributed by atoms with Crippen LogP contribution in [-0.2, 0) is 4.79 Å². The van der Waals surface area contributed by atoms with Crippen molar-refractivity contribution in [1.82, 2.24) is 14.9 Å². The Hall–Kier alpha value is -1.94. The summed E-state index contributed by atoms with van der Waals surface area (Å²) in [6.07, 6.45) is 3.32. The summed E-state index contributed by atoms with van der Waals surface area (Å²) in [4.78, 5) is 32.9. The minimum Gasteiger partial charge on any atom is -0.366 e. The van der Waals surface area contributed by atoms with Gasteiger partial charge in [-0.05, 0) is 37.5 Å². The Morgan fingerprint density at radius 2 is 2.00 bits per heavy atom. The van der Waals surface area contributed by atoms with Gasteiger partial charge in [-0.3, -0.25) is 10.2 Å². The average Bonchev–Trinajstić information content (AvgIpc) is 3.01. The number of carbonyl (C=O) groups is 1. The third kappa shape index (κ3) is 5.40. The molecule has 0 spiro atoms. The van der Waals surface area contributed by atoms with Crippen molar-refractivity contribution >= 4 is 46.9 Å². The number of nitrogens with one attached hydrogen (secondary N) is 3. The molecule has 1 saturated carbocycles. The molecule has 1 saturated heterocycles. The van der Waals surface area contributed by atoms with Gasteiger partial charge in [-0.15, -0.1) is 12.6 Å². The van der Waals surface area contributed by atoms with E-state index in [0.29, 0.717) is 42.9 Å². The molecule has 0 aromatic carbocycles. The summed E-state index contributed by atoms with van der Waals surface area (Å²) in [6.45, 7) is 5.40. The number of amides is 1. The molecule has 1 aliphatic heterocycles. The largest absolute Gasteiger partial charge is 0.366 e. The third-order valence-electron chi connectivity index (χ3n) is 6.01. The molecule has 11 heteroatoms. The van der Waals surface area contributed by atoms with Gasteiger partial charge in [-0.2, -0.15) is 9.89 Å². The van der Waals surface area contributed by atoms with E-state index in [1.807, 2.05) is 4.90 Å². The third-order valence-corrected chi connectivity index (χ3v) is 6.51. The molecule has 3 N–H and O–H groups in total. The molecule has 1 aliphatic carbocycles. The lowest BCUT2D eigenvalue weighted by Crippen LogP contribution is -2.41. The molecule has 164 valence electrons. The highest BCUT2D eigenvalue weighted by atomic mass is 35.5. The van der Waals surface area contributed by atoms with Gasteiger partial charge in [0.2, 0.25) is 11.9 Å². The van der Waals surface area contributed by atoms with Crippen LogP contribution in [0.4, 0.5) is 11.8 Å². The first kappa shape index (κ1) is 22.7. The van der Waals surface area contributed by atoms with Crippen molar-refractivity contribution in [2.75, 3.05) is 30.3 Å². The number of halogens is 1. The lowest BCUT2D eigenvalue weighted by atomic mass is 10.1. The maximum atomic E-state index is 11.5. The Morgan fingerprint density at radius 3 is 2.60 bits per heavy atom. The zero-order valence-electron chi connectivity index (χ0n) is 17.2. The summed E-state index contributed by atoms with van der Waals surface area (Å²) in [5.74, 6) is 1.52. The lowest BCUT2D eigenvalue weighted by Gasteiger charge is -2.31. The molecule has 0 bridgehead atoms. The van der Waals surface area contributed by atoms with Crippen LogP contribution in [0.15, 0.2) is 5.18 Å². The van der Waals surface area contributed by atoms with Crippen LogP contribution in [0.2, 0.25) is 5.15 Å². The Balaban J connectivity index is 1.75. The highest BCUT2D eigenvalue weighted by Crippen LogP contribution is 2.35. The summed E-state index contributed by atoms with van der Waals surface area (Å²) in [5.41, 5.74) is 0.362. The molecule has 1 amide bonds. The van der Waals surface area contributed by atoms with Crippen molar-refractivity contribution in [2.24, 2.45) is 17.0 Å². The van der Waals surface area contributed by atoms with E-state index in [1.54, 1.807) is 6.92 Å². The zero-order chi connectivity index (χ0) is 21.8. The molecule has 0 radical (unpaired) electrons. The van der Waals surface area contributed by atoms with Crippen molar-refractivity contribution in [3.05, 3.63) is 15.6 Å². The molecule has 3 rings (SSSR count). The number of rotatable bonds is 7. The molecular formula is C19H28ClN7O2S. The summed E-state index contributed by atoms with van der Waals surface area (Å²) in [6, 6.07) is 0.236. The van der Waals surface area contributed by atoms with Gasteiger partial charge in [0.05, 0.1) is 17.2 Å². The van der Waals surface area contributed by atoms with E-state index in [0.717, 1.165) is 25.7 Å². The molecule has 1 aromatic heterocycles. The van der Waals surface area contributed by atoms with Crippen LogP contribution in [0.25, 0.3) is 0 Å². The number of anilines is 2. The SMILES string of the molecule is CC(=O)N1CCC(Nc2nc(Cl)c(C(=N)S)c(N[C@@H]3C[C@H](CN=O)C[C@H]3C)n2)CC1. The quantitative estimate of drug-likeness (QED) is 0.165. The first-order chi connectivity index (χ1) is 14.3. The number of nitroso groups, excluding NO2 is 1. The molecular weight excluding hydrogens is 426 g/mol. The highest BCUT2D eigenvalue weighted by Gasteiger charge is 2.33. The van der Waals surface area contributed by atoms with Crippen molar-refractivity contribution in [3.8, 4) is 0 Å². The Bertz CT molecular complexity index is 816. The van der Waals surface area contributed by atoms with Crippen molar-refractivity contribution < 1.29 is 4.79 Å². The van der Waals surface area contributed by atoms with Gasteiger partial charge in [0.15, 0.2) is 0 Å². The standard InChI is InChI=1S/C19H28ClN7O2S/c1-10-7-12(9-22-29)8-14(10)24-18-15(17(21)30)16(20)25-19(26-18)23-13-3-5-27(6-4-13)11(2)28/h10,12-14H,3-9H2,1-2H3,(H2,21,30)(H2,23,24,25,26)/t10-,12-,14-/m1/s1. The van der Waals surface area contributed by atoms with Crippen LogP contribution in [0, 0.1) is 22.2 Å². The van der Waals surface area contributed by atoms with E-state index in [1.165, 1.54) is 0 Å². The van der Waals surface area contributed by atoms with Gasteiger partial charge in [0, 0.05) is 32.1 Å². The van der Waals surface area contributed by atoms with Gasteiger partial charge in [0.1, 0.15) is 11.0 Å². The fourth-order valence-corrected chi connectivity index (χ4v) is 4.88. The first-order valence-electron chi connectivity index (χ1n) is 10.2. The van der Waals surface area contributed by atoms with E-state index in [-0.39, 0.29) is 34.1 Å². The number of nitrogens with zero attached hydrogens (tertiary/aromatic N) is 4. The maximum absolute atomic E-state index is 11.5. The summed E-state index contributed by atoms with van der Waals surface area (Å²) < 4.78 is 0. The monoisotopic (exact) mass is 453 g/mol. The normalized spacial score (nSPS) is 24.5. The fraction of sp³-hybridized carbons (Fsp3) is 0.684. The number of thiol groups is 1. The maximum Gasteiger partial charge on any atom is 0.226 e. The minimum atomic E-state index is -0.0134.